The van der Waals surface area contributed by atoms with Crippen LogP contribution in [0, 0.1) is 0 Å². The average molecular weight is 358 g/mol. The van der Waals surface area contributed by atoms with Crippen LogP contribution in [-0.4, -0.2) is 18.4 Å². The standard InChI is InChI=1S/C23H22N2O2/c26-22(16-19-10-4-1-5-11-19)24-17-23(27)25(21-14-8-3-9-15-21)18-20-12-6-2-7-13-20/h1-15H,16-18H2,(H,24,26). The van der Waals surface area contributed by atoms with Crippen LogP contribution in [0.5, 0.6) is 0 Å². The second-order valence-electron chi connectivity index (χ2n) is 6.24. The Hall–Kier alpha value is -3.40. The van der Waals surface area contributed by atoms with Crippen LogP contribution in [0.2, 0.25) is 0 Å². The third-order valence-electron chi connectivity index (χ3n) is 4.20. The first kappa shape index (κ1) is 18.4. The molecule has 0 bridgehead atoms. The lowest BCUT2D eigenvalue weighted by molar-refractivity contribution is -0.124. The van der Waals surface area contributed by atoms with E-state index in [9.17, 15) is 9.59 Å². The van der Waals surface area contributed by atoms with Gasteiger partial charge in [0, 0.05) is 5.69 Å². The Balaban J connectivity index is 1.65. The van der Waals surface area contributed by atoms with Gasteiger partial charge in [0.1, 0.15) is 0 Å². The fourth-order valence-corrected chi connectivity index (χ4v) is 2.81. The van der Waals surface area contributed by atoms with Crippen molar-refractivity contribution in [3.63, 3.8) is 0 Å². The second kappa shape index (κ2) is 9.34. The van der Waals surface area contributed by atoms with Gasteiger partial charge in [0.05, 0.1) is 19.5 Å². The maximum atomic E-state index is 12.8. The highest BCUT2D eigenvalue weighted by atomic mass is 16.2. The first-order valence-corrected chi connectivity index (χ1v) is 8.92. The number of nitrogens with one attached hydrogen (secondary N) is 1. The minimum Gasteiger partial charge on any atom is -0.347 e. The minimum absolute atomic E-state index is 0.0343. The lowest BCUT2D eigenvalue weighted by Crippen LogP contribution is -2.40. The largest absolute Gasteiger partial charge is 0.347 e. The summed E-state index contributed by atoms with van der Waals surface area (Å²) in [6.07, 6.45) is 0.262. The summed E-state index contributed by atoms with van der Waals surface area (Å²) in [5.74, 6) is -0.311. The highest BCUT2D eigenvalue weighted by Crippen LogP contribution is 2.17. The van der Waals surface area contributed by atoms with Gasteiger partial charge in [0.15, 0.2) is 0 Å². The van der Waals surface area contributed by atoms with Crippen molar-refractivity contribution in [1.29, 1.82) is 0 Å². The van der Waals surface area contributed by atoms with Gasteiger partial charge in [-0.05, 0) is 23.3 Å². The predicted molar refractivity (Wildman–Crippen MR) is 107 cm³/mol. The second-order valence-corrected chi connectivity index (χ2v) is 6.24. The van der Waals surface area contributed by atoms with E-state index in [1.165, 1.54) is 0 Å². The number of para-hydroxylation sites is 1. The van der Waals surface area contributed by atoms with Gasteiger partial charge in [-0.1, -0.05) is 78.9 Å². The summed E-state index contributed by atoms with van der Waals surface area (Å²) in [7, 11) is 0. The van der Waals surface area contributed by atoms with E-state index in [-0.39, 0.29) is 24.8 Å². The molecule has 0 saturated carbocycles. The van der Waals surface area contributed by atoms with E-state index < -0.39 is 0 Å². The lowest BCUT2D eigenvalue weighted by atomic mass is 10.1. The first-order valence-electron chi connectivity index (χ1n) is 8.92. The molecule has 3 aromatic carbocycles. The van der Waals surface area contributed by atoms with Gasteiger partial charge < -0.3 is 10.2 Å². The molecule has 0 saturated heterocycles. The molecule has 0 spiro atoms. The van der Waals surface area contributed by atoms with Crippen LogP contribution >= 0.6 is 0 Å². The van der Waals surface area contributed by atoms with Crippen LogP contribution in [0.3, 0.4) is 0 Å². The highest BCUT2D eigenvalue weighted by molar-refractivity contribution is 5.96. The molecule has 0 heterocycles. The highest BCUT2D eigenvalue weighted by Gasteiger charge is 2.17. The van der Waals surface area contributed by atoms with Gasteiger partial charge in [-0.25, -0.2) is 0 Å². The Labute approximate surface area is 159 Å². The van der Waals surface area contributed by atoms with Gasteiger partial charge >= 0.3 is 0 Å². The molecule has 0 radical (unpaired) electrons. The van der Waals surface area contributed by atoms with Crippen molar-refractivity contribution in [3.05, 3.63) is 102 Å². The van der Waals surface area contributed by atoms with Crippen molar-refractivity contribution in [2.45, 2.75) is 13.0 Å². The summed E-state index contributed by atoms with van der Waals surface area (Å²) >= 11 is 0. The van der Waals surface area contributed by atoms with Gasteiger partial charge in [0.25, 0.3) is 0 Å². The molecule has 27 heavy (non-hydrogen) atoms. The molecular formula is C23H22N2O2. The van der Waals surface area contributed by atoms with Crippen LogP contribution in [0.4, 0.5) is 5.69 Å². The van der Waals surface area contributed by atoms with Crippen LogP contribution in [-0.2, 0) is 22.6 Å². The Kier molecular flexibility index (Phi) is 6.36. The average Bonchev–Trinajstić information content (AvgIpc) is 2.72. The van der Waals surface area contributed by atoms with Gasteiger partial charge in [-0.2, -0.15) is 0 Å². The smallest absolute Gasteiger partial charge is 0.246 e. The van der Waals surface area contributed by atoms with Crippen LogP contribution in [0.1, 0.15) is 11.1 Å². The lowest BCUT2D eigenvalue weighted by Gasteiger charge is -2.23. The molecule has 2 amide bonds. The third-order valence-corrected chi connectivity index (χ3v) is 4.20. The summed E-state index contributed by atoms with van der Waals surface area (Å²) in [6.45, 7) is 0.422. The monoisotopic (exact) mass is 358 g/mol. The van der Waals surface area contributed by atoms with E-state index in [1.54, 1.807) is 4.90 Å². The normalized spacial score (nSPS) is 10.2. The van der Waals surface area contributed by atoms with Crippen molar-refractivity contribution >= 4 is 17.5 Å². The van der Waals surface area contributed by atoms with Gasteiger partial charge in [-0.15, -0.1) is 0 Å². The summed E-state index contributed by atoms with van der Waals surface area (Å²) in [5, 5.41) is 2.74. The van der Waals surface area contributed by atoms with E-state index >= 15 is 0 Å². The molecule has 0 aliphatic rings. The number of carbonyl (C=O) groups excluding carboxylic acids is 2. The van der Waals surface area contributed by atoms with E-state index in [1.807, 2.05) is 91.0 Å². The quantitative estimate of drug-likeness (QED) is 0.702. The fraction of sp³-hybridized carbons (Fsp3) is 0.130. The van der Waals surface area contributed by atoms with Gasteiger partial charge in [-0.3, -0.25) is 9.59 Å². The zero-order valence-corrected chi connectivity index (χ0v) is 15.0. The predicted octanol–water partition coefficient (Wildman–Crippen LogP) is 3.58. The Bertz CT molecular complexity index is 865. The molecular weight excluding hydrogens is 336 g/mol. The summed E-state index contributed by atoms with van der Waals surface area (Å²) in [4.78, 5) is 26.7. The van der Waals surface area contributed by atoms with Crippen molar-refractivity contribution in [3.8, 4) is 0 Å². The molecule has 1 N–H and O–H groups in total. The van der Waals surface area contributed by atoms with Crippen LogP contribution in [0.15, 0.2) is 91.0 Å². The third kappa shape index (κ3) is 5.54. The van der Waals surface area contributed by atoms with Crippen LogP contribution in [0.25, 0.3) is 0 Å². The Morgan fingerprint density at radius 3 is 1.81 bits per heavy atom. The fourth-order valence-electron chi connectivity index (χ4n) is 2.81. The number of amides is 2. The number of anilines is 1. The number of nitrogens with zero attached hydrogens (tertiary/aromatic N) is 1. The molecule has 3 rings (SSSR count). The van der Waals surface area contributed by atoms with Crippen LogP contribution < -0.4 is 10.2 Å². The van der Waals surface area contributed by atoms with Crippen molar-refractivity contribution in [1.82, 2.24) is 5.32 Å². The minimum atomic E-state index is -0.165. The molecule has 0 fully saturated rings. The number of carbonyl (C=O) groups is 2. The number of rotatable bonds is 7. The molecule has 0 aromatic heterocycles. The Morgan fingerprint density at radius 2 is 1.22 bits per heavy atom. The molecule has 4 nitrogen and oxygen atoms in total. The summed E-state index contributed by atoms with van der Waals surface area (Å²) in [6, 6.07) is 28.8. The van der Waals surface area contributed by atoms with E-state index in [0.29, 0.717) is 6.54 Å². The van der Waals surface area contributed by atoms with E-state index in [4.69, 9.17) is 0 Å². The maximum absolute atomic E-state index is 12.8. The van der Waals surface area contributed by atoms with Crippen molar-refractivity contribution in [2.75, 3.05) is 11.4 Å². The topological polar surface area (TPSA) is 49.4 Å². The summed E-state index contributed by atoms with van der Waals surface area (Å²) < 4.78 is 0. The Morgan fingerprint density at radius 1 is 0.704 bits per heavy atom. The van der Waals surface area contributed by atoms with E-state index in [2.05, 4.69) is 5.32 Å². The van der Waals surface area contributed by atoms with E-state index in [0.717, 1.165) is 16.8 Å². The molecule has 0 aliphatic heterocycles. The number of hydrogen-bond acceptors (Lipinski definition) is 2. The van der Waals surface area contributed by atoms with Gasteiger partial charge in [0.2, 0.25) is 11.8 Å². The first-order chi connectivity index (χ1) is 13.2. The number of hydrogen-bond donors (Lipinski definition) is 1. The zero-order chi connectivity index (χ0) is 18.9. The molecule has 0 atom stereocenters. The zero-order valence-electron chi connectivity index (χ0n) is 15.0. The molecule has 0 unspecified atom stereocenters. The SMILES string of the molecule is O=C(Cc1ccccc1)NCC(=O)N(Cc1ccccc1)c1ccccc1. The molecule has 0 aliphatic carbocycles. The number of benzene rings is 3. The molecule has 136 valence electrons. The van der Waals surface area contributed by atoms with Crippen molar-refractivity contribution in [2.24, 2.45) is 0 Å². The summed E-state index contributed by atoms with van der Waals surface area (Å²) in [5.41, 5.74) is 2.76. The molecule has 4 heteroatoms. The maximum Gasteiger partial charge on any atom is 0.246 e. The molecule has 3 aromatic rings. The van der Waals surface area contributed by atoms with Crippen molar-refractivity contribution < 1.29 is 9.59 Å².